The molecule has 3 N–H and O–H groups in total. The van der Waals surface area contributed by atoms with Crippen molar-refractivity contribution < 1.29 is 0 Å². The van der Waals surface area contributed by atoms with E-state index in [-0.39, 0.29) is 0 Å². The van der Waals surface area contributed by atoms with Crippen LogP contribution in [0, 0.1) is 20.8 Å². The second-order valence-electron chi connectivity index (χ2n) is 4.80. The van der Waals surface area contributed by atoms with Crippen LogP contribution in [0.3, 0.4) is 0 Å². The highest BCUT2D eigenvalue weighted by Crippen LogP contribution is 2.31. The normalized spacial score (nSPS) is 13.3. The molecule has 16 heavy (non-hydrogen) atoms. The first-order valence-electron chi connectivity index (χ1n) is 5.84. The number of benzene rings is 1. The van der Waals surface area contributed by atoms with E-state index < -0.39 is 0 Å². The first-order valence-corrected chi connectivity index (χ1v) is 5.84. The highest BCUT2D eigenvalue weighted by atomic mass is 14.7. The number of H-pyrrole nitrogens is 1. The third-order valence-electron chi connectivity index (χ3n) is 3.32. The Morgan fingerprint density at radius 1 is 1.25 bits per heavy atom. The van der Waals surface area contributed by atoms with E-state index in [1.54, 1.807) is 0 Å². The van der Waals surface area contributed by atoms with Crippen LogP contribution in [0.25, 0.3) is 10.9 Å². The molecular weight excluding hydrogens is 196 g/mol. The second kappa shape index (κ2) is 3.95. The maximum absolute atomic E-state index is 5.79. The topological polar surface area (TPSA) is 41.8 Å². The summed E-state index contributed by atoms with van der Waals surface area (Å²) in [6.07, 6.45) is 0. The van der Waals surface area contributed by atoms with Gasteiger partial charge in [0.1, 0.15) is 0 Å². The Labute approximate surface area is 96.9 Å². The van der Waals surface area contributed by atoms with Crippen molar-refractivity contribution in [3.8, 4) is 0 Å². The number of aromatic amines is 1. The summed E-state index contributed by atoms with van der Waals surface area (Å²) in [5.74, 6) is 0.412. The van der Waals surface area contributed by atoms with Crippen LogP contribution in [0.15, 0.2) is 12.1 Å². The molecule has 1 aromatic carbocycles. The van der Waals surface area contributed by atoms with Crippen LogP contribution in [-0.2, 0) is 0 Å². The van der Waals surface area contributed by atoms with E-state index >= 15 is 0 Å². The number of aryl methyl sites for hydroxylation is 3. The van der Waals surface area contributed by atoms with Gasteiger partial charge in [0.25, 0.3) is 0 Å². The maximum Gasteiger partial charge on any atom is 0.0464 e. The van der Waals surface area contributed by atoms with E-state index in [0.29, 0.717) is 12.5 Å². The largest absolute Gasteiger partial charge is 0.358 e. The van der Waals surface area contributed by atoms with E-state index in [2.05, 4.69) is 44.8 Å². The lowest BCUT2D eigenvalue weighted by Gasteiger charge is -2.10. The average Bonchev–Trinajstić information content (AvgIpc) is 2.53. The molecule has 1 atom stereocenters. The van der Waals surface area contributed by atoms with Gasteiger partial charge in [-0.3, -0.25) is 0 Å². The molecule has 0 amide bonds. The van der Waals surface area contributed by atoms with Crippen molar-refractivity contribution in [1.82, 2.24) is 4.98 Å². The molecule has 0 saturated carbocycles. The highest BCUT2D eigenvalue weighted by molar-refractivity contribution is 5.89. The summed E-state index contributed by atoms with van der Waals surface area (Å²) in [4.78, 5) is 3.47. The van der Waals surface area contributed by atoms with Crippen molar-refractivity contribution in [2.24, 2.45) is 5.73 Å². The lowest BCUT2D eigenvalue weighted by Crippen LogP contribution is -2.09. The number of rotatable bonds is 2. The molecule has 0 radical (unpaired) electrons. The van der Waals surface area contributed by atoms with Crippen LogP contribution < -0.4 is 5.73 Å². The Balaban J connectivity index is 2.78. The Hall–Kier alpha value is -1.28. The van der Waals surface area contributed by atoms with Gasteiger partial charge in [-0.2, -0.15) is 0 Å². The van der Waals surface area contributed by atoms with Gasteiger partial charge in [-0.05, 0) is 56.0 Å². The third-order valence-corrected chi connectivity index (χ3v) is 3.32. The van der Waals surface area contributed by atoms with E-state index in [1.165, 1.54) is 33.3 Å². The predicted octanol–water partition coefficient (Wildman–Crippen LogP) is 3.16. The van der Waals surface area contributed by atoms with Gasteiger partial charge in [-0.25, -0.2) is 0 Å². The minimum Gasteiger partial charge on any atom is -0.358 e. The van der Waals surface area contributed by atoms with Crippen LogP contribution in [0.2, 0.25) is 0 Å². The van der Waals surface area contributed by atoms with E-state index in [4.69, 9.17) is 5.73 Å². The number of hydrogen-bond donors (Lipinski definition) is 2. The Bertz CT molecular complexity index is 523. The molecule has 2 aromatic rings. The molecule has 86 valence electrons. The molecule has 2 nitrogen and oxygen atoms in total. The first kappa shape index (κ1) is 11.2. The molecule has 0 aliphatic rings. The van der Waals surface area contributed by atoms with Crippen molar-refractivity contribution in [2.75, 3.05) is 6.54 Å². The monoisotopic (exact) mass is 216 g/mol. The van der Waals surface area contributed by atoms with Crippen molar-refractivity contribution in [2.45, 2.75) is 33.6 Å². The molecular formula is C14H20N2. The first-order chi connectivity index (χ1) is 7.54. The molecule has 2 rings (SSSR count). The van der Waals surface area contributed by atoms with Gasteiger partial charge in [-0.1, -0.05) is 13.0 Å². The number of fused-ring (bicyclic) bond motifs is 1. The van der Waals surface area contributed by atoms with Crippen LogP contribution in [0.1, 0.15) is 35.2 Å². The zero-order valence-electron chi connectivity index (χ0n) is 10.5. The van der Waals surface area contributed by atoms with Gasteiger partial charge in [0.05, 0.1) is 0 Å². The van der Waals surface area contributed by atoms with Crippen molar-refractivity contribution in [1.29, 1.82) is 0 Å². The number of nitrogens with two attached hydrogens (primary N) is 1. The van der Waals surface area contributed by atoms with Gasteiger partial charge in [-0.15, -0.1) is 0 Å². The molecule has 0 saturated heterocycles. The van der Waals surface area contributed by atoms with Gasteiger partial charge < -0.3 is 10.7 Å². The molecule has 0 spiro atoms. The fourth-order valence-electron chi connectivity index (χ4n) is 2.61. The molecule has 1 aromatic heterocycles. The number of nitrogens with one attached hydrogen (secondary N) is 1. The summed E-state index contributed by atoms with van der Waals surface area (Å²) in [7, 11) is 0. The van der Waals surface area contributed by atoms with Crippen LogP contribution in [0.4, 0.5) is 0 Å². The lowest BCUT2D eigenvalue weighted by atomic mass is 9.95. The average molecular weight is 216 g/mol. The molecule has 1 heterocycles. The fraction of sp³-hybridized carbons (Fsp3) is 0.429. The summed E-state index contributed by atoms with van der Waals surface area (Å²) < 4.78 is 0. The van der Waals surface area contributed by atoms with Crippen molar-refractivity contribution in [3.63, 3.8) is 0 Å². The zero-order valence-corrected chi connectivity index (χ0v) is 10.5. The predicted molar refractivity (Wildman–Crippen MR) is 70.0 cm³/mol. The third kappa shape index (κ3) is 1.63. The Kier molecular flexibility index (Phi) is 2.76. The standard InChI is InChI=1S/C14H20N2/c1-8-5-9(2)14-12(6-8)16-11(4)13(14)10(3)7-15/h5-6,10,16H,7,15H2,1-4H3. The fourth-order valence-corrected chi connectivity index (χ4v) is 2.61. The molecule has 0 bridgehead atoms. The van der Waals surface area contributed by atoms with Gasteiger partial charge in [0, 0.05) is 16.6 Å². The summed E-state index contributed by atoms with van der Waals surface area (Å²) >= 11 is 0. The smallest absolute Gasteiger partial charge is 0.0464 e. The Morgan fingerprint density at radius 3 is 2.56 bits per heavy atom. The lowest BCUT2D eigenvalue weighted by molar-refractivity contribution is 0.773. The summed E-state index contributed by atoms with van der Waals surface area (Å²) in [5, 5.41) is 1.36. The van der Waals surface area contributed by atoms with Crippen molar-refractivity contribution in [3.05, 3.63) is 34.5 Å². The van der Waals surface area contributed by atoms with Gasteiger partial charge >= 0.3 is 0 Å². The SMILES string of the molecule is Cc1cc(C)c2c(C(C)CN)c(C)[nH]c2c1. The van der Waals surface area contributed by atoms with Gasteiger partial charge in [0.15, 0.2) is 0 Å². The molecule has 0 fully saturated rings. The number of hydrogen-bond acceptors (Lipinski definition) is 1. The highest BCUT2D eigenvalue weighted by Gasteiger charge is 2.15. The van der Waals surface area contributed by atoms with Gasteiger partial charge in [0.2, 0.25) is 0 Å². The molecule has 1 unspecified atom stereocenters. The summed E-state index contributed by atoms with van der Waals surface area (Å²) in [6.45, 7) is 9.33. The number of aromatic nitrogens is 1. The Morgan fingerprint density at radius 2 is 1.94 bits per heavy atom. The summed E-state index contributed by atoms with van der Waals surface area (Å²) in [5.41, 5.74) is 12.3. The minimum absolute atomic E-state index is 0.412. The molecule has 0 aliphatic carbocycles. The quantitative estimate of drug-likeness (QED) is 0.795. The van der Waals surface area contributed by atoms with Crippen LogP contribution >= 0.6 is 0 Å². The molecule has 0 aliphatic heterocycles. The second-order valence-corrected chi connectivity index (χ2v) is 4.80. The van der Waals surface area contributed by atoms with Crippen LogP contribution in [0.5, 0.6) is 0 Å². The minimum atomic E-state index is 0.412. The van der Waals surface area contributed by atoms with Crippen LogP contribution in [-0.4, -0.2) is 11.5 Å². The summed E-state index contributed by atoms with van der Waals surface area (Å²) in [6, 6.07) is 4.45. The zero-order chi connectivity index (χ0) is 11.9. The van der Waals surface area contributed by atoms with E-state index in [9.17, 15) is 0 Å². The van der Waals surface area contributed by atoms with E-state index in [1.807, 2.05) is 0 Å². The van der Waals surface area contributed by atoms with E-state index in [0.717, 1.165) is 0 Å². The van der Waals surface area contributed by atoms with Crippen molar-refractivity contribution >= 4 is 10.9 Å². The maximum atomic E-state index is 5.79. The molecule has 2 heteroatoms.